The fourth-order valence-electron chi connectivity index (χ4n) is 5.03. The molecule has 2 unspecified atom stereocenters. The minimum Gasteiger partial charge on any atom is -0.488 e. The Morgan fingerprint density at radius 1 is 0.975 bits per heavy atom. The van der Waals surface area contributed by atoms with Gasteiger partial charge in [-0.25, -0.2) is 0 Å². The zero-order valence-corrected chi connectivity index (χ0v) is 23.0. The van der Waals surface area contributed by atoms with Gasteiger partial charge in [-0.2, -0.15) is 10.1 Å². The highest BCUT2D eigenvalue weighted by Gasteiger charge is 2.40. The number of ether oxygens (including phenoxy) is 4. The quantitative estimate of drug-likeness (QED) is 0.224. The number of hydrogen-bond donors (Lipinski definition) is 4. The minimum atomic E-state index is -0.703. The summed E-state index contributed by atoms with van der Waals surface area (Å²) in [7, 11) is 8.65. The van der Waals surface area contributed by atoms with Crippen LogP contribution in [0.4, 0.5) is 11.4 Å². The molecule has 2 aromatic rings. The van der Waals surface area contributed by atoms with Gasteiger partial charge in [-0.1, -0.05) is 12.1 Å². The molecule has 0 saturated heterocycles. The summed E-state index contributed by atoms with van der Waals surface area (Å²) in [4.78, 5) is 25.2. The molecule has 4 rings (SSSR count). The summed E-state index contributed by atoms with van der Waals surface area (Å²) in [6, 6.07) is 8.94. The van der Waals surface area contributed by atoms with Crippen LogP contribution in [0.2, 0.25) is 0 Å². The number of nitrogens with one attached hydrogen (secondary N) is 2. The largest absolute Gasteiger partial charge is 0.488 e. The third-order valence-corrected chi connectivity index (χ3v) is 6.96. The Morgan fingerprint density at radius 3 is 2.25 bits per heavy atom. The normalized spacial score (nSPS) is 22.0. The van der Waals surface area contributed by atoms with E-state index in [1.54, 1.807) is 44.5 Å². The third-order valence-electron chi connectivity index (χ3n) is 6.96. The number of hydroxylamine groups is 2. The predicted octanol–water partition coefficient (Wildman–Crippen LogP) is 1.31. The van der Waals surface area contributed by atoms with Gasteiger partial charge in [0.15, 0.2) is 7.98 Å². The molecule has 0 aliphatic carbocycles. The zero-order chi connectivity index (χ0) is 29.0. The minimum absolute atomic E-state index is 0.183. The summed E-state index contributed by atoms with van der Waals surface area (Å²) in [5.74, 6) is -0.467. The summed E-state index contributed by atoms with van der Waals surface area (Å²) in [5, 5.41) is 27.5. The summed E-state index contributed by atoms with van der Waals surface area (Å²) < 4.78 is 22.9. The van der Waals surface area contributed by atoms with Gasteiger partial charge in [0, 0.05) is 25.2 Å². The van der Waals surface area contributed by atoms with E-state index in [0.29, 0.717) is 46.0 Å². The number of nitrogens with zero attached hydrogens (tertiary/aromatic N) is 2. The first kappa shape index (κ1) is 29.8. The van der Waals surface area contributed by atoms with Gasteiger partial charge in [-0.3, -0.25) is 20.0 Å². The number of hydrogen-bond acceptors (Lipinski definition) is 10. The number of rotatable bonds is 12. The van der Waals surface area contributed by atoms with E-state index >= 15 is 0 Å². The van der Waals surface area contributed by atoms with Gasteiger partial charge in [-0.15, -0.1) is 0 Å². The average molecular weight is 554 g/mol. The van der Waals surface area contributed by atoms with Crippen molar-refractivity contribution in [1.29, 1.82) is 0 Å². The van der Waals surface area contributed by atoms with Crippen LogP contribution in [0.25, 0.3) is 0 Å². The van der Waals surface area contributed by atoms with Gasteiger partial charge >= 0.3 is 0 Å². The predicted molar refractivity (Wildman–Crippen MR) is 146 cm³/mol. The van der Waals surface area contributed by atoms with E-state index in [-0.39, 0.29) is 31.3 Å². The number of carbonyl (C=O) groups is 2. The van der Waals surface area contributed by atoms with Gasteiger partial charge in [0.05, 0.1) is 43.3 Å². The van der Waals surface area contributed by atoms with Gasteiger partial charge in [-0.05, 0) is 50.6 Å². The van der Waals surface area contributed by atoms with E-state index in [4.69, 9.17) is 26.9 Å². The van der Waals surface area contributed by atoms with Crippen LogP contribution in [0.15, 0.2) is 36.4 Å². The second-order valence-electron chi connectivity index (χ2n) is 9.96. The van der Waals surface area contributed by atoms with Crippen LogP contribution in [0.3, 0.4) is 0 Å². The molecule has 0 bridgehead atoms. The van der Waals surface area contributed by atoms with Crippen molar-refractivity contribution in [2.45, 2.75) is 50.5 Å². The average Bonchev–Trinajstić information content (AvgIpc) is 2.93. The summed E-state index contributed by atoms with van der Waals surface area (Å²) in [6.45, 7) is 4.46. The molecule has 12 nitrogen and oxygen atoms in total. The Labute approximate surface area is 234 Å². The summed E-state index contributed by atoms with van der Waals surface area (Å²) >= 11 is 0. The number of carbonyl (C=O) groups excluding carboxylic acids is 2. The molecule has 2 aromatic carbocycles. The maximum atomic E-state index is 12.9. The lowest BCUT2D eigenvalue weighted by atomic mass is 9.86. The van der Waals surface area contributed by atoms with Crippen LogP contribution < -0.4 is 30.1 Å². The molecule has 2 amide bonds. The van der Waals surface area contributed by atoms with Crippen LogP contribution in [-0.2, 0) is 25.5 Å². The molecular formula is C27H35BN4O8. The van der Waals surface area contributed by atoms with E-state index in [1.165, 1.54) is 0 Å². The molecule has 2 aliphatic rings. The monoisotopic (exact) mass is 554 g/mol. The molecule has 0 spiro atoms. The van der Waals surface area contributed by atoms with Crippen LogP contribution in [-0.4, -0.2) is 88.5 Å². The second-order valence-corrected chi connectivity index (χ2v) is 9.96. The molecule has 2 heterocycles. The third kappa shape index (κ3) is 6.25. The smallest absolute Gasteiger partial charge is 0.268 e. The van der Waals surface area contributed by atoms with Crippen molar-refractivity contribution in [3.05, 3.63) is 47.5 Å². The summed E-state index contributed by atoms with van der Waals surface area (Å²) in [5.41, 5.74) is 2.15. The van der Waals surface area contributed by atoms with Gasteiger partial charge < -0.3 is 29.5 Å². The van der Waals surface area contributed by atoms with Crippen molar-refractivity contribution in [1.82, 2.24) is 10.5 Å². The fourth-order valence-corrected chi connectivity index (χ4v) is 5.03. The van der Waals surface area contributed by atoms with Crippen molar-refractivity contribution in [2.75, 3.05) is 44.1 Å². The fraction of sp³-hybridized carbons (Fsp3) is 0.481. The molecule has 2 radical (unpaired) electrons. The highest BCUT2D eigenvalue weighted by molar-refractivity contribution is 6.09. The van der Waals surface area contributed by atoms with Crippen molar-refractivity contribution >= 4 is 31.2 Å². The van der Waals surface area contributed by atoms with E-state index in [2.05, 4.69) is 10.5 Å². The number of methoxy groups -OCH3 is 1. The lowest BCUT2D eigenvalue weighted by Gasteiger charge is -2.36. The van der Waals surface area contributed by atoms with Crippen LogP contribution in [0.1, 0.15) is 30.9 Å². The molecule has 0 fully saturated rings. The Hall–Kier alpha value is -3.20. The first-order valence-corrected chi connectivity index (χ1v) is 13.0. The Bertz CT molecular complexity index is 1220. The Kier molecular flexibility index (Phi) is 9.66. The van der Waals surface area contributed by atoms with Crippen molar-refractivity contribution in [2.24, 2.45) is 0 Å². The number of amides is 2. The standard InChI is InChI=1S/C27H35BN4O8/c1-15(12-37-4)39-19-7-8-20-21(25(29-3)27(34)32(36)24(20)11-19)14-38-13-16(2)40-18-6-5-17-9-22(30-28)26(33)31(35)23(17)10-18/h5-8,10-11,15-16,21-22,25,29-30,35-36H,9,12-14H2,1-4H3/t15-,16-,21?,22+,25?/m0/s1. The van der Waals surface area contributed by atoms with Gasteiger partial charge in [0.1, 0.15) is 23.7 Å². The van der Waals surface area contributed by atoms with Crippen LogP contribution in [0, 0.1) is 0 Å². The Morgan fingerprint density at radius 2 is 1.60 bits per heavy atom. The van der Waals surface area contributed by atoms with E-state index in [1.807, 2.05) is 19.9 Å². The molecule has 40 heavy (non-hydrogen) atoms. The van der Waals surface area contributed by atoms with E-state index < -0.39 is 23.9 Å². The van der Waals surface area contributed by atoms with Crippen molar-refractivity contribution in [3.63, 3.8) is 0 Å². The first-order chi connectivity index (χ1) is 19.2. The SMILES string of the molecule is [B]N[C@@H]1Cc2ccc(O[C@@H](C)COCC3c4ccc(O[C@@H](C)COC)cc4N(O)C(=O)C3NC)cc2N(O)C1=O. The molecule has 0 aromatic heterocycles. The van der Waals surface area contributed by atoms with Crippen molar-refractivity contribution in [3.8, 4) is 11.5 Å². The Balaban J connectivity index is 1.41. The molecule has 2 aliphatic heterocycles. The number of anilines is 2. The zero-order valence-electron chi connectivity index (χ0n) is 23.0. The molecule has 214 valence electrons. The summed E-state index contributed by atoms with van der Waals surface area (Å²) in [6.07, 6.45) is -0.252. The molecule has 0 saturated carbocycles. The molecular weight excluding hydrogens is 519 g/mol. The van der Waals surface area contributed by atoms with Gasteiger partial charge in [0.25, 0.3) is 11.8 Å². The van der Waals surface area contributed by atoms with Gasteiger partial charge in [0.2, 0.25) is 0 Å². The highest BCUT2D eigenvalue weighted by atomic mass is 16.5. The van der Waals surface area contributed by atoms with E-state index in [0.717, 1.165) is 11.1 Å². The molecule has 13 heteroatoms. The molecule has 5 atom stereocenters. The molecule has 4 N–H and O–H groups in total. The maximum Gasteiger partial charge on any atom is 0.268 e. The first-order valence-electron chi connectivity index (χ1n) is 13.0. The van der Waals surface area contributed by atoms with Crippen LogP contribution in [0.5, 0.6) is 11.5 Å². The topological polar surface area (TPSA) is 142 Å². The maximum absolute atomic E-state index is 12.9. The lowest BCUT2D eigenvalue weighted by Crippen LogP contribution is -2.52. The van der Waals surface area contributed by atoms with Crippen molar-refractivity contribution < 1.29 is 39.0 Å². The second kappa shape index (κ2) is 13.0. The number of likely N-dealkylation sites (N-methyl/N-ethyl adjacent to an activating group) is 1. The highest BCUT2D eigenvalue weighted by Crippen LogP contribution is 2.38. The number of fused-ring (bicyclic) bond motifs is 2. The van der Waals surface area contributed by atoms with E-state index in [9.17, 15) is 20.0 Å². The van der Waals surface area contributed by atoms with Crippen LogP contribution >= 0.6 is 0 Å². The number of benzene rings is 2. The lowest BCUT2D eigenvalue weighted by molar-refractivity contribution is -0.127.